The molecule has 0 saturated heterocycles. The van der Waals surface area contributed by atoms with E-state index in [1.54, 1.807) is 0 Å². The Morgan fingerprint density at radius 1 is 0.852 bits per heavy atom. The smallest absolute Gasteiger partial charge is 0.460 e. The lowest BCUT2D eigenvalue weighted by Gasteiger charge is -2.46. The highest BCUT2D eigenvalue weighted by Crippen LogP contribution is 2.31. The van der Waals surface area contributed by atoms with E-state index in [2.05, 4.69) is 72.4 Å². The highest BCUT2D eigenvalue weighted by atomic mass is 28.5. The quantitative estimate of drug-likeness (QED) is 0.177. The molecule has 0 saturated carbocycles. The number of carbonyl (C=O) groups excluding carboxylic acids is 1. The van der Waals surface area contributed by atoms with Gasteiger partial charge < -0.3 is 21.8 Å². The average molecular weight is 453 g/mol. The summed E-state index contributed by atoms with van der Waals surface area (Å²) >= 11 is 0. The molecule has 0 radical (unpaired) electrons. The minimum Gasteiger partial charge on any atom is -0.460 e. The zero-order valence-electron chi connectivity index (χ0n) is 18.9. The van der Waals surface area contributed by atoms with Gasteiger partial charge in [0.25, 0.3) is 0 Å². The monoisotopic (exact) mass is 452 g/mol. The highest BCUT2D eigenvalue weighted by Gasteiger charge is 2.56. The summed E-state index contributed by atoms with van der Waals surface area (Å²) in [6.45, 7) is 25.2. The van der Waals surface area contributed by atoms with E-state index in [0.29, 0.717) is 6.42 Å². The van der Waals surface area contributed by atoms with E-state index in [1.165, 1.54) is 0 Å². The van der Waals surface area contributed by atoms with Gasteiger partial charge in [-0.15, -0.1) is 0 Å². The van der Waals surface area contributed by atoms with Crippen molar-refractivity contribution in [2.24, 2.45) is 0 Å². The van der Waals surface area contributed by atoms with Crippen LogP contribution in [0.3, 0.4) is 0 Å². The maximum Gasteiger partial charge on any atom is 0.500 e. The van der Waals surface area contributed by atoms with Crippen LogP contribution in [0.15, 0.2) is 12.7 Å². The van der Waals surface area contributed by atoms with Crippen molar-refractivity contribution in [1.29, 1.82) is 0 Å². The van der Waals surface area contributed by atoms with E-state index in [1.807, 2.05) is 0 Å². The standard InChI is InChI=1S/C17H40O6Si4/c1-12-16(18)19-14-15-20-17(13-2)27(21-24(3,4)5,22-25(6,7)8)23-26(9,10)11/h12,17H,1,13-15H2,2-11H3. The molecule has 0 aromatic carbocycles. The molecule has 1 unspecified atom stereocenters. The molecule has 0 fully saturated rings. The third-order valence-electron chi connectivity index (χ3n) is 2.92. The second-order valence-corrected chi connectivity index (χ2v) is 26.4. The van der Waals surface area contributed by atoms with Crippen molar-refractivity contribution in [1.82, 2.24) is 0 Å². The van der Waals surface area contributed by atoms with Crippen LogP contribution in [-0.2, 0) is 26.6 Å². The summed E-state index contributed by atoms with van der Waals surface area (Å²) in [4.78, 5) is 11.2. The molecule has 0 aliphatic rings. The Labute approximate surface area is 170 Å². The lowest BCUT2D eigenvalue weighted by Crippen LogP contribution is -2.67. The molecule has 0 aliphatic heterocycles. The van der Waals surface area contributed by atoms with Crippen LogP contribution in [-0.4, -0.2) is 58.7 Å². The van der Waals surface area contributed by atoms with Crippen LogP contribution in [0, 0.1) is 0 Å². The molecule has 27 heavy (non-hydrogen) atoms. The van der Waals surface area contributed by atoms with Gasteiger partial charge in [0.05, 0.1) is 6.61 Å². The van der Waals surface area contributed by atoms with Gasteiger partial charge in [-0.3, -0.25) is 0 Å². The first-order chi connectivity index (χ1) is 12.0. The first-order valence-electron chi connectivity index (χ1n) is 9.55. The third-order valence-corrected chi connectivity index (χ3v) is 15.1. The van der Waals surface area contributed by atoms with Gasteiger partial charge >= 0.3 is 14.8 Å². The zero-order valence-corrected chi connectivity index (χ0v) is 22.9. The van der Waals surface area contributed by atoms with Gasteiger partial charge in [0.1, 0.15) is 12.3 Å². The van der Waals surface area contributed by atoms with Crippen LogP contribution in [0.1, 0.15) is 13.3 Å². The Morgan fingerprint density at radius 2 is 1.26 bits per heavy atom. The molecule has 0 N–H and O–H groups in total. The summed E-state index contributed by atoms with van der Waals surface area (Å²) in [5.74, 6) is -0.454. The number of hydrogen-bond acceptors (Lipinski definition) is 6. The van der Waals surface area contributed by atoms with E-state index in [0.717, 1.165) is 6.08 Å². The zero-order chi connectivity index (χ0) is 21.5. The number of hydrogen-bond donors (Lipinski definition) is 0. The van der Waals surface area contributed by atoms with Crippen LogP contribution in [0.25, 0.3) is 0 Å². The predicted molar refractivity (Wildman–Crippen MR) is 120 cm³/mol. The van der Waals surface area contributed by atoms with Crippen LogP contribution in [0.2, 0.25) is 58.9 Å². The lowest BCUT2D eigenvalue weighted by atomic mass is 10.5. The number of ether oxygens (including phenoxy) is 2. The first kappa shape index (κ1) is 26.9. The normalized spacial score (nSPS) is 14.7. The summed E-state index contributed by atoms with van der Waals surface area (Å²) in [6.07, 6.45) is 1.86. The summed E-state index contributed by atoms with van der Waals surface area (Å²) in [7, 11) is -9.01. The molecule has 1 atom stereocenters. The van der Waals surface area contributed by atoms with Crippen molar-refractivity contribution in [3.63, 3.8) is 0 Å². The highest BCUT2D eigenvalue weighted by molar-refractivity contribution is 6.90. The topological polar surface area (TPSA) is 63.2 Å². The molecular formula is C17H40O6Si4. The Morgan fingerprint density at radius 3 is 1.56 bits per heavy atom. The van der Waals surface area contributed by atoms with Crippen LogP contribution >= 0.6 is 0 Å². The van der Waals surface area contributed by atoms with Gasteiger partial charge in [0, 0.05) is 6.08 Å². The fourth-order valence-electron chi connectivity index (χ4n) is 2.40. The average Bonchev–Trinajstić information content (AvgIpc) is 2.40. The van der Waals surface area contributed by atoms with Crippen molar-refractivity contribution in [2.45, 2.75) is 78.0 Å². The lowest BCUT2D eigenvalue weighted by molar-refractivity contribution is -0.139. The van der Waals surface area contributed by atoms with Crippen LogP contribution in [0.4, 0.5) is 0 Å². The van der Waals surface area contributed by atoms with Gasteiger partial charge in [-0.25, -0.2) is 4.79 Å². The summed E-state index contributed by atoms with van der Waals surface area (Å²) in [5, 5.41) is 0. The molecule has 0 bridgehead atoms. The van der Waals surface area contributed by atoms with Crippen molar-refractivity contribution >= 4 is 39.7 Å². The van der Waals surface area contributed by atoms with Gasteiger partial charge in [0.2, 0.25) is 0 Å². The van der Waals surface area contributed by atoms with Gasteiger partial charge in [-0.05, 0) is 65.3 Å². The van der Waals surface area contributed by atoms with Crippen molar-refractivity contribution in [2.75, 3.05) is 13.2 Å². The number of esters is 1. The SMILES string of the molecule is C=CC(=O)OCCOC(CC)[Si](O[Si](C)(C)C)(O[Si](C)(C)C)O[Si](C)(C)C. The molecule has 0 amide bonds. The molecule has 0 aliphatic carbocycles. The molecule has 0 spiro atoms. The van der Waals surface area contributed by atoms with E-state index in [-0.39, 0.29) is 18.9 Å². The maximum absolute atomic E-state index is 11.2. The fourth-order valence-corrected chi connectivity index (χ4v) is 16.7. The van der Waals surface area contributed by atoms with Crippen molar-refractivity contribution < 1.29 is 26.6 Å². The number of carbonyl (C=O) groups is 1. The molecule has 0 aromatic rings. The Hall–Kier alpha value is -0.0825. The van der Waals surface area contributed by atoms with E-state index < -0.39 is 39.7 Å². The summed E-state index contributed by atoms with van der Waals surface area (Å²) in [6, 6.07) is 0. The Kier molecular flexibility index (Phi) is 10.6. The Bertz CT molecular complexity index is 438. The molecule has 0 heterocycles. The molecule has 6 nitrogen and oxygen atoms in total. The summed E-state index contributed by atoms with van der Waals surface area (Å²) in [5.41, 5.74) is -0.287. The van der Waals surface area contributed by atoms with Crippen molar-refractivity contribution in [3.05, 3.63) is 12.7 Å². The molecule has 160 valence electrons. The molecule has 0 rings (SSSR count). The van der Waals surface area contributed by atoms with E-state index >= 15 is 0 Å². The second-order valence-electron chi connectivity index (χ2n) is 9.39. The molecular weight excluding hydrogens is 413 g/mol. The second kappa shape index (κ2) is 10.6. The van der Waals surface area contributed by atoms with Gasteiger partial charge in [-0.2, -0.15) is 0 Å². The molecule has 10 heteroatoms. The predicted octanol–water partition coefficient (Wildman–Crippen LogP) is 4.54. The minimum absolute atomic E-state index is 0.165. The third kappa shape index (κ3) is 12.2. The van der Waals surface area contributed by atoms with E-state index in [9.17, 15) is 4.79 Å². The van der Waals surface area contributed by atoms with Crippen LogP contribution in [0.5, 0.6) is 0 Å². The molecule has 0 aromatic heterocycles. The fraction of sp³-hybridized carbons (Fsp3) is 0.824. The number of rotatable bonds is 13. The largest absolute Gasteiger partial charge is 0.500 e. The van der Waals surface area contributed by atoms with Gasteiger partial charge in [0.15, 0.2) is 25.0 Å². The summed E-state index contributed by atoms with van der Waals surface area (Å²) < 4.78 is 31.2. The Balaban J connectivity index is 5.68. The first-order valence-corrected chi connectivity index (χ1v) is 21.6. The minimum atomic E-state index is -3.11. The van der Waals surface area contributed by atoms with Crippen LogP contribution < -0.4 is 0 Å². The van der Waals surface area contributed by atoms with Crippen molar-refractivity contribution in [3.8, 4) is 0 Å². The van der Waals surface area contributed by atoms with E-state index in [4.69, 9.17) is 21.8 Å². The van der Waals surface area contributed by atoms with Gasteiger partial charge in [-0.1, -0.05) is 13.5 Å². The maximum atomic E-state index is 11.2.